The third-order valence-corrected chi connectivity index (χ3v) is 6.60. The molecule has 0 radical (unpaired) electrons. The number of anilines is 2. The maximum Gasteiger partial charge on any atom is 0.255 e. The summed E-state index contributed by atoms with van der Waals surface area (Å²) in [5, 5.41) is 2.95. The number of para-hydroxylation sites is 1. The minimum Gasteiger partial charge on any atom is -0.322 e. The number of rotatable bonds is 6. The number of carbonyl (C=O) groups is 1. The molecule has 162 valence electrons. The maximum atomic E-state index is 12.7. The summed E-state index contributed by atoms with van der Waals surface area (Å²) in [6, 6.07) is 18.6. The van der Waals surface area contributed by atoms with Crippen molar-refractivity contribution in [1.29, 1.82) is 0 Å². The van der Waals surface area contributed by atoms with Gasteiger partial charge in [-0.2, -0.15) is 0 Å². The first-order valence-corrected chi connectivity index (χ1v) is 11.9. The molecule has 0 spiro atoms. The SMILES string of the molecule is Cc1cccc(NC(=O)c2ccc(CN(c3c(C)cccc3C)S(C)(=O)=O)cc2)c1C. The van der Waals surface area contributed by atoms with Crippen LogP contribution in [-0.2, 0) is 16.6 Å². The molecule has 3 aromatic rings. The molecule has 0 saturated carbocycles. The standard InChI is InChI=1S/C25H28N2O3S/c1-17-8-7-11-23(20(17)4)26-25(28)22-14-12-21(13-15-22)16-27(31(5,29)30)24-18(2)9-6-10-19(24)3/h6-15H,16H2,1-5H3,(H,26,28). The van der Waals surface area contributed by atoms with Crippen LogP contribution in [0.2, 0.25) is 0 Å². The Morgan fingerprint density at radius 2 is 1.39 bits per heavy atom. The lowest BCUT2D eigenvalue weighted by molar-refractivity contribution is 0.102. The van der Waals surface area contributed by atoms with Crippen LogP contribution in [-0.4, -0.2) is 20.6 Å². The van der Waals surface area contributed by atoms with Crippen LogP contribution in [0.25, 0.3) is 0 Å². The van der Waals surface area contributed by atoms with Gasteiger partial charge in [-0.05, 0) is 73.7 Å². The van der Waals surface area contributed by atoms with E-state index in [-0.39, 0.29) is 12.5 Å². The van der Waals surface area contributed by atoms with Crippen molar-refractivity contribution < 1.29 is 13.2 Å². The van der Waals surface area contributed by atoms with Crippen LogP contribution >= 0.6 is 0 Å². The summed E-state index contributed by atoms with van der Waals surface area (Å²) in [4.78, 5) is 12.7. The van der Waals surface area contributed by atoms with Gasteiger partial charge in [0.1, 0.15) is 0 Å². The quantitative estimate of drug-likeness (QED) is 0.582. The van der Waals surface area contributed by atoms with E-state index in [0.29, 0.717) is 11.3 Å². The lowest BCUT2D eigenvalue weighted by Crippen LogP contribution is -2.30. The Balaban J connectivity index is 1.83. The van der Waals surface area contributed by atoms with E-state index in [9.17, 15) is 13.2 Å². The molecule has 5 nitrogen and oxygen atoms in total. The van der Waals surface area contributed by atoms with Crippen molar-refractivity contribution in [2.24, 2.45) is 0 Å². The summed E-state index contributed by atoms with van der Waals surface area (Å²) in [5.74, 6) is -0.199. The monoisotopic (exact) mass is 436 g/mol. The number of nitrogens with zero attached hydrogens (tertiary/aromatic N) is 1. The third kappa shape index (κ3) is 5.14. The van der Waals surface area contributed by atoms with E-state index < -0.39 is 10.0 Å². The predicted molar refractivity (Wildman–Crippen MR) is 127 cm³/mol. The second kappa shape index (κ2) is 8.94. The number of hydrogen-bond acceptors (Lipinski definition) is 3. The second-order valence-corrected chi connectivity index (χ2v) is 9.82. The summed E-state index contributed by atoms with van der Waals surface area (Å²) < 4.78 is 26.5. The number of carbonyl (C=O) groups excluding carboxylic acids is 1. The minimum atomic E-state index is -3.48. The Morgan fingerprint density at radius 3 is 1.97 bits per heavy atom. The van der Waals surface area contributed by atoms with E-state index in [1.54, 1.807) is 24.3 Å². The molecule has 1 N–H and O–H groups in total. The van der Waals surface area contributed by atoms with Gasteiger partial charge in [0.15, 0.2) is 0 Å². The molecule has 0 unspecified atom stereocenters. The molecule has 31 heavy (non-hydrogen) atoms. The predicted octanol–water partition coefficient (Wildman–Crippen LogP) is 5.14. The number of aryl methyl sites for hydroxylation is 3. The van der Waals surface area contributed by atoms with Crippen molar-refractivity contribution in [2.45, 2.75) is 34.2 Å². The van der Waals surface area contributed by atoms with Crippen LogP contribution in [0.3, 0.4) is 0 Å². The molecule has 3 aromatic carbocycles. The van der Waals surface area contributed by atoms with E-state index in [4.69, 9.17) is 0 Å². The highest BCUT2D eigenvalue weighted by molar-refractivity contribution is 7.92. The van der Waals surface area contributed by atoms with Crippen molar-refractivity contribution in [3.63, 3.8) is 0 Å². The highest BCUT2D eigenvalue weighted by Gasteiger charge is 2.21. The number of benzene rings is 3. The van der Waals surface area contributed by atoms with Crippen LogP contribution in [0.4, 0.5) is 11.4 Å². The van der Waals surface area contributed by atoms with Gasteiger partial charge in [-0.3, -0.25) is 9.10 Å². The smallest absolute Gasteiger partial charge is 0.255 e. The Hall–Kier alpha value is -3.12. The van der Waals surface area contributed by atoms with Crippen LogP contribution < -0.4 is 9.62 Å². The maximum absolute atomic E-state index is 12.7. The van der Waals surface area contributed by atoms with Crippen LogP contribution in [0.15, 0.2) is 60.7 Å². The first-order chi connectivity index (χ1) is 14.6. The fourth-order valence-electron chi connectivity index (χ4n) is 3.57. The van der Waals surface area contributed by atoms with E-state index in [0.717, 1.165) is 33.5 Å². The molecule has 0 fully saturated rings. The summed E-state index contributed by atoms with van der Waals surface area (Å²) >= 11 is 0. The lowest BCUT2D eigenvalue weighted by atomic mass is 10.1. The van der Waals surface area contributed by atoms with Crippen molar-refractivity contribution in [3.8, 4) is 0 Å². The molecule has 0 aliphatic carbocycles. The molecule has 6 heteroatoms. The van der Waals surface area contributed by atoms with E-state index in [1.165, 1.54) is 10.6 Å². The molecule has 1 amide bonds. The number of amides is 1. The molecule has 3 rings (SSSR count). The summed E-state index contributed by atoms with van der Waals surface area (Å²) in [6.07, 6.45) is 1.21. The summed E-state index contributed by atoms with van der Waals surface area (Å²) in [6.45, 7) is 7.98. The fraction of sp³-hybridized carbons (Fsp3) is 0.240. The topological polar surface area (TPSA) is 66.5 Å². The Bertz CT molecular complexity index is 1200. The molecule has 0 aliphatic heterocycles. The molecule has 0 aliphatic rings. The van der Waals surface area contributed by atoms with E-state index in [1.807, 2.05) is 64.1 Å². The van der Waals surface area contributed by atoms with Crippen molar-refractivity contribution in [2.75, 3.05) is 15.9 Å². The van der Waals surface area contributed by atoms with E-state index >= 15 is 0 Å². The Morgan fingerprint density at radius 1 is 0.839 bits per heavy atom. The number of hydrogen-bond donors (Lipinski definition) is 1. The first-order valence-electron chi connectivity index (χ1n) is 10.1. The van der Waals surface area contributed by atoms with Gasteiger partial charge in [-0.25, -0.2) is 8.42 Å². The zero-order valence-electron chi connectivity index (χ0n) is 18.6. The molecule has 0 atom stereocenters. The van der Waals surface area contributed by atoms with Gasteiger partial charge in [-0.1, -0.05) is 42.5 Å². The molecule has 0 saturated heterocycles. The normalized spacial score (nSPS) is 11.3. The lowest BCUT2D eigenvalue weighted by Gasteiger charge is -2.26. The van der Waals surface area contributed by atoms with Crippen molar-refractivity contribution in [3.05, 3.63) is 94.0 Å². The average Bonchev–Trinajstić information content (AvgIpc) is 2.70. The first kappa shape index (κ1) is 22.6. The summed E-state index contributed by atoms with van der Waals surface area (Å²) in [5.41, 5.74) is 6.74. The van der Waals surface area contributed by atoms with Gasteiger partial charge in [0.2, 0.25) is 10.0 Å². The second-order valence-electron chi connectivity index (χ2n) is 7.91. The Labute approximate surface area is 184 Å². The van der Waals surface area contributed by atoms with Crippen LogP contribution in [0, 0.1) is 27.7 Å². The number of sulfonamides is 1. The largest absolute Gasteiger partial charge is 0.322 e. The summed E-state index contributed by atoms with van der Waals surface area (Å²) in [7, 11) is -3.48. The zero-order valence-corrected chi connectivity index (χ0v) is 19.4. The van der Waals surface area contributed by atoms with Crippen molar-refractivity contribution in [1.82, 2.24) is 0 Å². The van der Waals surface area contributed by atoms with Gasteiger partial charge in [0.25, 0.3) is 5.91 Å². The zero-order chi connectivity index (χ0) is 22.8. The van der Waals surface area contributed by atoms with Gasteiger partial charge in [-0.15, -0.1) is 0 Å². The molecule has 0 aromatic heterocycles. The van der Waals surface area contributed by atoms with Gasteiger partial charge in [0, 0.05) is 11.3 Å². The van der Waals surface area contributed by atoms with Gasteiger partial charge >= 0.3 is 0 Å². The molecule has 0 bridgehead atoms. The van der Waals surface area contributed by atoms with Gasteiger partial charge < -0.3 is 5.32 Å². The fourth-order valence-corrected chi connectivity index (χ4v) is 4.57. The van der Waals surface area contributed by atoms with Crippen LogP contribution in [0.1, 0.15) is 38.2 Å². The van der Waals surface area contributed by atoms with E-state index in [2.05, 4.69) is 5.32 Å². The minimum absolute atomic E-state index is 0.198. The van der Waals surface area contributed by atoms with Crippen molar-refractivity contribution >= 4 is 27.3 Å². The average molecular weight is 437 g/mol. The molecule has 0 heterocycles. The highest BCUT2D eigenvalue weighted by Crippen LogP contribution is 2.28. The van der Waals surface area contributed by atoms with Crippen LogP contribution in [0.5, 0.6) is 0 Å². The molecular weight excluding hydrogens is 408 g/mol. The highest BCUT2D eigenvalue weighted by atomic mass is 32.2. The number of nitrogens with one attached hydrogen (secondary N) is 1. The molecular formula is C25H28N2O3S. The van der Waals surface area contributed by atoms with Gasteiger partial charge in [0.05, 0.1) is 18.5 Å². The third-order valence-electron chi connectivity index (χ3n) is 5.48. The Kier molecular flexibility index (Phi) is 6.51.